The molecule has 0 amide bonds. The van der Waals surface area contributed by atoms with Gasteiger partial charge in [-0.3, -0.25) is 14.2 Å². The maximum absolute atomic E-state index is 10.3. The minimum absolute atomic E-state index is 0. The quantitative estimate of drug-likeness (QED) is 0.617. The first kappa shape index (κ1) is 20.3. The third kappa shape index (κ3) is 19.5. The number of pyridine rings is 1. The summed E-state index contributed by atoms with van der Waals surface area (Å²) in [6, 6.07) is 5.72. The molecule has 0 radical (unpaired) electrons. The fourth-order valence-corrected chi connectivity index (χ4v) is 1.95. The van der Waals surface area contributed by atoms with Crippen LogP contribution < -0.4 is 0 Å². The predicted octanol–water partition coefficient (Wildman–Crippen LogP) is 3.47. The number of aromatic nitrogens is 1. The Kier molecular flexibility index (Phi) is 14.3. The molecule has 0 spiro atoms. The molecule has 6 heteroatoms. The minimum Gasteiger partial charge on any atom is -0.286 e. The summed E-state index contributed by atoms with van der Waals surface area (Å²) in [6.45, 7) is 2.14. The molecule has 19 heavy (non-hydrogen) atoms. The molecule has 0 aromatic carbocycles. The van der Waals surface area contributed by atoms with Gasteiger partial charge in [0, 0.05) is 12.4 Å². The molecule has 0 saturated heterocycles. The standard InChI is InChI=1S/C8H18O3S.C5H5N.FH/c1-2-3-4-5-6-7-8-12(9,10)11;1-2-4-6-5-3-1;/h2-8H2,1H3,(H,9,10,11);1-5H;1H. The zero-order valence-corrected chi connectivity index (χ0v) is 12.2. The van der Waals surface area contributed by atoms with Crippen molar-refractivity contribution in [1.82, 2.24) is 4.98 Å². The minimum atomic E-state index is -3.72. The van der Waals surface area contributed by atoms with E-state index < -0.39 is 10.1 Å². The Morgan fingerprint density at radius 1 is 0.947 bits per heavy atom. The van der Waals surface area contributed by atoms with Gasteiger partial charge < -0.3 is 0 Å². The predicted molar refractivity (Wildman–Crippen MR) is 76.5 cm³/mol. The molecule has 0 bridgehead atoms. The molecule has 112 valence electrons. The van der Waals surface area contributed by atoms with Crippen LogP contribution in [0.2, 0.25) is 0 Å². The summed E-state index contributed by atoms with van der Waals surface area (Å²) in [6.07, 6.45) is 9.64. The van der Waals surface area contributed by atoms with Crippen LogP contribution in [0.25, 0.3) is 0 Å². The second kappa shape index (κ2) is 13.4. The lowest BCUT2D eigenvalue weighted by molar-refractivity contribution is 0.478. The summed E-state index contributed by atoms with van der Waals surface area (Å²) in [5.41, 5.74) is 0. The van der Waals surface area contributed by atoms with Crippen molar-refractivity contribution in [1.29, 1.82) is 0 Å². The Labute approximate surface area is 115 Å². The van der Waals surface area contributed by atoms with Crippen LogP contribution in [-0.4, -0.2) is 23.7 Å². The van der Waals surface area contributed by atoms with Gasteiger partial charge in [0.05, 0.1) is 5.75 Å². The lowest BCUT2D eigenvalue weighted by atomic mass is 10.1. The van der Waals surface area contributed by atoms with Crippen molar-refractivity contribution in [3.8, 4) is 0 Å². The molecule has 0 saturated carbocycles. The zero-order valence-electron chi connectivity index (χ0n) is 11.4. The van der Waals surface area contributed by atoms with Crippen LogP contribution in [0, 0.1) is 0 Å². The average molecular weight is 293 g/mol. The second-order valence-electron chi connectivity index (χ2n) is 4.08. The molecule has 1 aromatic rings. The topological polar surface area (TPSA) is 67.3 Å². The van der Waals surface area contributed by atoms with Gasteiger partial charge >= 0.3 is 0 Å². The summed E-state index contributed by atoms with van der Waals surface area (Å²) in [5.74, 6) is -0.0842. The van der Waals surface area contributed by atoms with Gasteiger partial charge in [-0.1, -0.05) is 45.1 Å². The van der Waals surface area contributed by atoms with Gasteiger partial charge in [0.25, 0.3) is 10.1 Å². The normalized spacial score (nSPS) is 10.0. The Balaban J connectivity index is 0. The SMILES string of the molecule is CCCCCCCCS(=O)(=O)O.F.c1ccncc1. The summed E-state index contributed by atoms with van der Waals surface area (Å²) in [5, 5.41) is 0. The van der Waals surface area contributed by atoms with E-state index >= 15 is 0 Å². The number of nitrogens with zero attached hydrogens (tertiary/aromatic N) is 1. The number of hydrogen-bond donors (Lipinski definition) is 1. The molecule has 1 rings (SSSR count). The molecule has 0 aliphatic rings. The van der Waals surface area contributed by atoms with E-state index in [9.17, 15) is 8.42 Å². The fraction of sp³-hybridized carbons (Fsp3) is 0.615. The van der Waals surface area contributed by atoms with Crippen molar-refractivity contribution >= 4 is 10.1 Å². The maximum atomic E-state index is 10.3. The molecular weight excluding hydrogens is 269 g/mol. The van der Waals surface area contributed by atoms with Gasteiger partial charge in [-0.25, -0.2) is 0 Å². The molecule has 1 aromatic heterocycles. The first-order chi connectivity index (χ1) is 8.56. The molecule has 0 fully saturated rings. The van der Waals surface area contributed by atoms with Crippen LogP contribution in [-0.2, 0) is 10.1 Å². The van der Waals surface area contributed by atoms with Crippen molar-refractivity contribution in [2.75, 3.05) is 5.75 Å². The zero-order chi connectivity index (χ0) is 13.7. The summed E-state index contributed by atoms with van der Waals surface area (Å²) in [7, 11) is -3.72. The highest BCUT2D eigenvalue weighted by atomic mass is 32.2. The van der Waals surface area contributed by atoms with Gasteiger partial charge in [-0.05, 0) is 18.6 Å². The van der Waals surface area contributed by atoms with E-state index in [-0.39, 0.29) is 10.5 Å². The van der Waals surface area contributed by atoms with Crippen molar-refractivity contribution < 1.29 is 17.7 Å². The van der Waals surface area contributed by atoms with E-state index in [1.165, 1.54) is 19.3 Å². The molecule has 0 unspecified atom stereocenters. The number of rotatable bonds is 7. The third-order valence-corrected chi connectivity index (χ3v) is 3.13. The highest BCUT2D eigenvalue weighted by molar-refractivity contribution is 7.85. The highest BCUT2D eigenvalue weighted by Gasteiger charge is 2.02. The van der Waals surface area contributed by atoms with E-state index in [0.29, 0.717) is 6.42 Å². The van der Waals surface area contributed by atoms with Crippen LogP contribution >= 0.6 is 0 Å². The van der Waals surface area contributed by atoms with Crippen LogP contribution in [0.1, 0.15) is 45.4 Å². The van der Waals surface area contributed by atoms with Gasteiger partial charge in [0.1, 0.15) is 0 Å². The lowest BCUT2D eigenvalue weighted by Crippen LogP contribution is -2.03. The Bertz CT molecular complexity index is 344. The van der Waals surface area contributed by atoms with Gasteiger partial charge in [-0.2, -0.15) is 8.42 Å². The Hall–Kier alpha value is -1.01. The number of halogens is 1. The van der Waals surface area contributed by atoms with Gasteiger partial charge in [0.2, 0.25) is 0 Å². The van der Waals surface area contributed by atoms with Crippen molar-refractivity contribution in [3.63, 3.8) is 0 Å². The van der Waals surface area contributed by atoms with E-state index in [4.69, 9.17) is 4.55 Å². The van der Waals surface area contributed by atoms with E-state index in [1.807, 2.05) is 18.2 Å². The first-order valence-electron chi connectivity index (χ1n) is 6.36. The third-order valence-electron chi connectivity index (χ3n) is 2.32. The fourth-order valence-electron chi connectivity index (χ4n) is 1.38. The molecule has 1 heterocycles. The van der Waals surface area contributed by atoms with Crippen molar-refractivity contribution in [2.24, 2.45) is 0 Å². The van der Waals surface area contributed by atoms with Crippen LogP contribution in [0.15, 0.2) is 30.6 Å². The monoisotopic (exact) mass is 293 g/mol. The van der Waals surface area contributed by atoms with Crippen LogP contribution in [0.3, 0.4) is 0 Å². The molecule has 0 aliphatic heterocycles. The number of unbranched alkanes of at least 4 members (excludes halogenated alkanes) is 5. The molecule has 0 atom stereocenters. The van der Waals surface area contributed by atoms with Crippen LogP contribution in [0.4, 0.5) is 4.70 Å². The van der Waals surface area contributed by atoms with E-state index in [1.54, 1.807) is 12.4 Å². The summed E-state index contributed by atoms with van der Waals surface area (Å²) < 4.78 is 28.9. The smallest absolute Gasteiger partial charge is 0.264 e. The van der Waals surface area contributed by atoms with E-state index in [2.05, 4.69) is 11.9 Å². The van der Waals surface area contributed by atoms with Crippen molar-refractivity contribution in [2.45, 2.75) is 45.4 Å². The Morgan fingerprint density at radius 3 is 1.84 bits per heavy atom. The first-order valence-corrected chi connectivity index (χ1v) is 7.97. The lowest BCUT2D eigenvalue weighted by Gasteiger charge is -1.98. The Morgan fingerprint density at radius 2 is 1.47 bits per heavy atom. The largest absolute Gasteiger partial charge is 0.286 e. The molecule has 4 nitrogen and oxygen atoms in total. The molecular formula is C13H24FNO3S. The molecule has 1 N–H and O–H groups in total. The van der Waals surface area contributed by atoms with Gasteiger partial charge in [-0.15, -0.1) is 0 Å². The summed E-state index contributed by atoms with van der Waals surface area (Å²) in [4.78, 5) is 3.78. The average Bonchev–Trinajstić information content (AvgIpc) is 2.35. The van der Waals surface area contributed by atoms with E-state index in [0.717, 1.165) is 12.8 Å². The second-order valence-corrected chi connectivity index (χ2v) is 5.65. The van der Waals surface area contributed by atoms with Gasteiger partial charge in [0.15, 0.2) is 0 Å². The maximum Gasteiger partial charge on any atom is 0.264 e. The summed E-state index contributed by atoms with van der Waals surface area (Å²) >= 11 is 0. The highest BCUT2D eigenvalue weighted by Crippen LogP contribution is 2.05. The van der Waals surface area contributed by atoms with Crippen molar-refractivity contribution in [3.05, 3.63) is 30.6 Å². The molecule has 0 aliphatic carbocycles. The number of hydrogen-bond acceptors (Lipinski definition) is 3. The van der Waals surface area contributed by atoms with Crippen LogP contribution in [0.5, 0.6) is 0 Å².